The predicted octanol–water partition coefficient (Wildman–Crippen LogP) is 3.34. The molecule has 0 saturated heterocycles. The van der Waals surface area contributed by atoms with Crippen LogP contribution in [0.2, 0.25) is 6.04 Å². The molecule has 0 rings (SSSR count). The second kappa shape index (κ2) is 9.87. The third-order valence-corrected chi connectivity index (χ3v) is 5.30. The lowest BCUT2D eigenvalue weighted by Crippen LogP contribution is -2.42. The molecule has 0 saturated carbocycles. The zero-order valence-corrected chi connectivity index (χ0v) is 13.2. The third-order valence-electron chi connectivity index (χ3n) is 2.16. The van der Waals surface area contributed by atoms with E-state index in [2.05, 4.69) is 12.6 Å². The molecule has 0 heterocycles. The number of rotatable bonds is 7. The first-order valence-electron chi connectivity index (χ1n) is 5.32. The monoisotopic (exact) mass is 348 g/mol. The second-order valence-corrected chi connectivity index (χ2v) is 7.00. The molecule has 0 aromatic heterocycles. The van der Waals surface area contributed by atoms with E-state index in [0.717, 1.165) is 18.2 Å². The Morgan fingerprint density at radius 2 is 1.35 bits per heavy atom. The maximum Gasteiger partial charge on any atom is 0.500 e. The van der Waals surface area contributed by atoms with Crippen molar-refractivity contribution in [3.05, 3.63) is 0 Å². The van der Waals surface area contributed by atoms with E-state index < -0.39 is 27.6 Å². The molecule has 0 amide bonds. The number of halogens is 6. The van der Waals surface area contributed by atoms with Gasteiger partial charge in [0.2, 0.25) is 0 Å². The summed E-state index contributed by atoms with van der Waals surface area (Å²) in [4.78, 5) is 0. The van der Waals surface area contributed by atoms with E-state index in [1.807, 2.05) is 0 Å². The fourth-order valence-electron chi connectivity index (χ4n) is 0.928. The van der Waals surface area contributed by atoms with Crippen molar-refractivity contribution in [2.75, 3.05) is 33.8 Å². The van der Waals surface area contributed by atoms with Crippen LogP contribution in [0.1, 0.15) is 6.42 Å². The molecule has 0 fully saturated rings. The van der Waals surface area contributed by atoms with Gasteiger partial charge in [-0.05, 0) is 12.2 Å². The molecule has 0 aromatic carbocycles. The first-order valence-corrected chi connectivity index (χ1v) is 7.89. The quantitative estimate of drug-likeness (QED) is 0.434. The molecule has 0 atom stereocenters. The molecule has 124 valence electrons. The van der Waals surface area contributed by atoms with Crippen LogP contribution in [0.4, 0.5) is 26.3 Å². The van der Waals surface area contributed by atoms with E-state index in [1.165, 1.54) is 0 Å². The van der Waals surface area contributed by atoms with Gasteiger partial charge in [0.25, 0.3) is 0 Å². The van der Waals surface area contributed by atoms with Crippen LogP contribution in [0.5, 0.6) is 0 Å². The number of alkyl halides is 6. The van der Waals surface area contributed by atoms with Crippen LogP contribution in [-0.4, -0.2) is 54.7 Å². The summed E-state index contributed by atoms with van der Waals surface area (Å²) >= 11 is 4.10. The van der Waals surface area contributed by atoms with Gasteiger partial charge in [0.15, 0.2) is 6.67 Å². The average Bonchev–Trinajstić information content (AvgIpc) is 2.40. The topological polar surface area (TPSA) is 27.7 Å². The zero-order valence-electron chi connectivity index (χ0n) is 11.3. The summed E-state index contributed by atoms with van der Waals surface area (Å²) in [6.45, 7) is -2.70. The van der Waals surface area contributed by atoms with Crippen LogP contribution >= 0.6 is 12.6 Å². The van der Waals surface area contributed by atoms with Crippen LogP contribution in [0, 0.1) is 0 Å². The van der Waals surface area contributed by atoms with E-state index in [4.69, 9.17) is 13.3 Å². The Balaban J connectivity index is 0. The van der Waals surface area contributed by atoms with Gasteiger partial charge in [-0.2, -0.15) is 34.6 Å². The molecule has 0 unspecified atom stereocenters. The fraction of sp³-hybridized carbons (Fsp3) is 1.00. The van der Waals surface area contributed by atoms with Gasteiger partial charge in [0, 0.05) is 27.4 Å². The van der Waals surface area contributed by atoms with Crippen molar-refractivity contribution in [2.24, 2.45) is 0 Å². The Bertz CT molecular complexity index is 242. The molecule has 0 aromatic rings. The molecular formula is C9H18F6O3SSi. The van der Waals surface area contributed by atoms with E-state index in [1.54, 1.807) is 21.3 Å². The number of hydrogen-bond acceptors (Lipinski definition) is 4. The fourth-order valence-corrected chi connectivity index (χ4v) is 3.11. The minimum absolute atomic E-state index is 0.833. The Hall–Kier alpha value is 0.0269. The summed E-state index contributed by atoms with van der Waals surface area (Å²) in [6.07, 6.45) is -4.80. The van der Waals surface area contributed by atoms with Gasteiger partial charge in [0.1, 0.15) is 0 Å². The molecule has 0 aliphatic heterocycles. The van der Waals surface area contributed by atoms with Crippen molar-refractivity contribution in [2.45, 2.75) is 24.6 Å². The van der Waals surface area contributed by atoms with Gasteiger partial charge < -0.3 is 13.3 Å². The van der Waals surface area contributed by atoms with Crippen LogP contribution in [0.15, 0.2) is 0 Å². The standard InChI is InChI=1S/C6H16O3SSi.C3H2F6/c1-7-11(8-2,9-3)6-4-5-10;4-1-2(5,6)3(7,8)9/h10H,4-6H2,1-3H3;1H2. The molecule has 0 bridgehead atoms. The van der Waals surface area contributed by atoms with E-state index >= 15 is 0 Å². The molecule has 0 aliphatic rings. The average molecular weight is 348 g/mol. The Kier molecular flexibility index (Phi) is 11.0. The van der Waals surface area contributed by atoms with Crippen LogP contribution in [-0.2, 0) is 13.3 Å². The lowest BCUT2D eigenvalue weighted by molar-refractivity contribution is -0.286. The van der Waals surface area contributed by atoms with Gasteiger partial charge in [0.05, 0.1) is 0 Å². The Morgan fingerprint density at radius 1 is 0.950 bits per heavy atom. The molecule has 3 nitrogen and oxygen atoms in total. The van der Waals surface area contributed by atoms with Crippen molar-refractivity contribution in [1.29, 1.82) is 0 Å². The summed E-state index contributed by atoms with van der Waals surface area (Å²) in [5, 5.41) is 0. The summed E-state index contributed by atoms with van der Waals surface area (Å²) in [5.74, 6) is -4.35. The van der Waals surface area contributed by atoms with Gasteiger partial charge in [-0.1, -0.05) is 0 Å². The van der Waals surface area contributed by atoms with Crippen molar-refractivity contribution in [3.63, 3.8) is 0 Å². The summed E-state index contributed by atoms with van der Waals surface area (Å²) in [5.41, 5.74) is 0. The summed E-state index contributed by atoms with van der Waals surface area (Å²) in [6, 6.07) is 0.833. The Labute approximate surface area is 120 Å². The molecule has 11 heteroatoms. The maximum atomic E-state index is 11.2. The van der Waals surface area contributed by atoms with Gasteiger partial charge >= 0.3 is 20.9 Å². The molecular weight excluding hydrogens is 330 g/mol. The van der Waals surface area contributed by atoms with Gasteiger partial charge in [-0.15, -0.1) is 0 Å². The smallest absolute Gasteiger partial charge is 0.377 e. The highest BCUT2D eigenvalue weighted by molar-refractivity contribution is 7.80. The number of hydrogen-bond donors (Lipinski definition) is 1. The van der Waals surface area contributed by atoms with Crippen molar-refractivity contribution >= 4 is 21.4 Å². The van der Waals surface area contributed by atoms with E-state index in [0.29, 0.717) is 0 Å². The minimum Gasteiger partial charge on any atom is -0.377 e. The highest BCUT2D eigenvalue weighted by atomic mass is 32.1. The van der Waals surface area contributed by atoms with Crippen molar-refractivity contribution < 1.29 is 39.6 Å². The van der Waals surface area contributed by atoms with Crippen LogP contribution < -0.4 is 0 Å². The largest absolute Gasteiger partial charge is 0.500 e. The summed E-state index contributed by atoms with van der Waals surface area (Å²) < 4.78 is 81.2. The molecule has 0 N–H and O–H groups in total. The molecule has 0 aliphatic carbocycles. The van der Waals surface area contributed by atoms with Gasteiger partial charge in [-0.25, -0.2) is 4.39 Å². The molecule has 0 radical (unpaired) electrons. The normalized spacial score (nSPS) is 12.9. The van der Waals surface area contributed by atoms with Crippen LogP contribution in [0.25, 0.3) is 0 Å². The Morgan fingerprint density at radius 3 is 1.50 bits per heavy atom. The molecule has 20 heavy (non-hydrogen) atoms. The first kappa shape index (κ1) is 22.3. The second-order valence-electron chi connectivity index (χ2n) is 3.46. The van der Waals surface area contributed by atoms with E-state index in [-0.39, 0.29) is 0 Å². The highest BCUT2D eigenvalue weighted by Crippen LogP contribution is 2.35. The van der Waals surface area contributed by atoms with E-state index in [9.17, 15) is 26.3 Å². The minimum atomic E-state index is -5.76. The SMILES string of the molecule is CO[Si](CCCS)(OC)OC.FCC(F)(F)C(F)(F)F. The summed E-state index contributed by atoms with van der Waals surface area (Å²) in [7, 11) is 2.58. The number of thiol groups is 1. The van der Waals surface area contributed by atoms with Gasteiger partial charge in [-0.3, -0.25) is 0 Å². The highest BCUT2D eigenvalue weighted by Gasteiger charge is 2.57. The molecule has 0 spiro atoms. The maximum absolute atomic E-state index is 11.2. The predicted molar refractivity (Wildman–Crippen MR) is 67.0 cm³/mol. The lowest BCUT2D eigenvalue weighted by atomic mass is 10.4. The third kappa shape index (κ3) is 7.72. The van der Waals surface area contributed by atoms with Crippen LogP contribution in [0.3, 0.4) is 0 Å². The van der Waals surface area contributed by atoms with Crippen molar-refractivity contribution in [3.8, 4) is 0 Å². The lowest BCUT2D eigenvalue weighted by Gasteiger charge is -2.23. The first-order chi connectivity index (χ1) is 9.05. The van der Waals surface area contributed by atoms with Crippen molar-refractivity contribution in [1.82, 2.24) is 0 Å². The zero-order chi connectivity index (χ0) is 16.4.